The van der Waals surface area contributed by atoms with Gasteiger partial charge >= 0.3 is 6.09 Å². The molecule has 5 rings (SSSR count). The second-order valence-electron chi connectivity index (χ2n) is 12.0. The van der Waals surface area contributed by atoms with E-state index in [1.807, 2.05) is 113 Å². The van der Waals surface area contributed by atoms with Gasteiger partial charge in [0, 0.05) is 44.9 Å². The number of nitrogens with one attached hydrogen (secondary N) is 3. The second kappa shape index (κ2) is 14.4. The lowest BCUT2D eigenvalue weighted by Gasteiger charge is -2.19. The number of hydrogen-bond acceptors (Lipinski definition) is 7. The smallest absolute Gasteiger partial charge is 0.407 e. The van der Waals surface area contributed by atoms with Crippen molar-refractivity contribution in [1.29, 1.82) is 0 Å². The van der Waals surface area contributed by atoms with Crippen molar-refractivity contribution in [3.8, 4) is 0 Å². The van der Waals surface area contributed by atoms with E-state index < -0.39 is 17.6 Å². The molecule has 1 heterocycles. The quantitative estimate of drug-likeness (QED) is 0.121. The number of alkyl carbamates (subject to hydrolysis) is 1. The molecule has 0 saturated carbocycles. The summed E-state index contributed by atoms with van der Waals surface area (Å²) in [5, 5.41) is 9.84. The first-order valence-corrected chi connectivity index (χ1v) is 16.0. The van der Waals surface area contributed by atoms with E-state index in [1.54, 1.807) is 6.07 Å². The van der Waals surface area contributed by atoms with Crippen molar-refractivity contribution in [2.24, 2.45) is 5.73 Å². The van der Waals surface area contributed by atoms with Crippen LogP contribution in [0.4, 0.5) is 21.9 Å². The molecule has 0 aliphatic carbocycles. The molecule has 0 atom stereocenters. The highest BCUT2D eigenvalue weighted by Gasteiger charge is 2.17. The van der Waals surface area contributed by atoms with Gasteiger partial charge in [0.2, 0.25) is 0 Å². The van der Waals surface area contributed by atoms with Crippen molar-refractivity contribution in [2.45, 2.75) is 49.5 Å². The number of fused-ring (bicyclic) bond motifs is 1. The largest absolute Gasteiger partial charge is 0.444 e. The van der Waals surface area contributed by atoms with Gasteiger partial charge in [-0.2, -0.15) is 0 Å². The summed E-state index contributed by atoms with van der Waals surface area (Å²) in [4.78, 5) is 43.7. The highest BCUT2D eigenvalue weighted by atomic mass is 32.2. The zero-order chi connectivity index (χ0) is 33.6. The summed E-state index contributed by atoms with van der Waals surface area (Å²) in [6.45, 7) is 7.88. The molecule has 0 unspecified atom stereocenters. The van der Waals surface area contributed by atoms with Gasteiger partial charge in [-0.3, -0.25) is 14.6 Å². The highest BCUT2D eigenvalue weighted by Crippen LogP contribution is 2.36. The number of amides is 3. The topological polar surface area (TPSA) is 135 Å². The van der Waals surface area contributed by atoms with Gasteiger partial charge in [0.25, 0.3) is 11.8 Å². The van der Waals surface area contributed by atoms with Gasteiger partial charge < -0.3 is 26.4 Å². The monoisotopic (exact) mass is 647 g/mol. The minimum atomic E-state index is -0.572. The normalized spacial score (nSPS) is 11.1. The first kappa shape index (κ1) is 33.0. The number of pyridine rings is 1. The number of hydrogen-bond donors (Lipinski definition) is 4. The number of nitrogens with two attached hydrogens (primary N) is 1. The molecule has 240 valence electrons. The third kappa shape index (κ3) is 8.89. The zero-order valence-electron chi connectivity index (χ0n) is 26.7. The van der Waals surface area contributed by atoms with Crippen LogP contribution in [-0.2, 0) is 11.2 Å². The Bertz CT molecular complexity index is 1920. The van der Waals surface area contributed by atoms with Crippen LogP contribution in [0.25, 0.3) is 10.9 Å². The average molecular weight is 648 g/mol. The molecule has 0 aliphatic heterocycles. The lowest BCUT2D eigenvalue weighted by Crippen LogP contribution is -2.33. The molecule has 47 heavy (non-hydrogen) atoms. The van der Waals surface area contributed by atoms with E-state index in [-0.39, 0.29) is 5.91 Å². The molecule has 5 N–H and O–H groups in total. The summed E-state index contributed by atoms with van der Waals surface area (Å²) < 4.78 is 5.26. The molecule has 3 amide bonds. The molecule has 5 aromatic rings. The van der Waals surface area contributed by atoms with Crippen LogP contribution in [0.2, 0.25) is 0 Å². The third-order valence-electron chi connectivity index (χ3n) is 7.07. The SMILES string of the molecule is Cc1cc(Sc2cccc(C(=O)Nc3ccc(CCNC(=O)OC(C)(C)C)cc3)c2)cc2c(Nc3ccccc3)c(C(N)=O)cnc12. The molecule has 0 spiro atoms. The molecule has 0 saturated heterocycles. The number of anilines is 3. The fourth-order valence-corrected chi connectivity index (χ4v) is 5.93. The Morgan fingerprint density at radius 2 is 1.62 bits per heavy atom. The minimum Gasteiger partial charge on any atom is -0.444 e. The molecule has 0 radical (unpaired) electrons. The van der Waals surface area contributed by atoms with Crippen molar-refractivity contribution in [3.63, 3.8) is 0 Å². The summed E-state index contributed by atoms with van der Waals surface area (Å²) in [6, 6.07) is 28.5. The first-order chi connectivity index (χ1) is 22.4. The van der Waals surface area contributed by atoms with Gasteiger partial charge in [0.15, 0.2) is 0 Å². The number of rotatable bonds is 10. The van der Waals surface area contributed by atoms with Crippen LogP contribution in [0.3, 0.4) is 0 Å². The number of aryl methyl sites for hydroxylation is 1. The minimum absolute atomic E-state index is 0.230. The van der Waals surface area contributed by atoms with Crippen LogP contribution < -0.4 is 21.7 Å². The number of para-hydroxylation sites is 1. The number of primary amides is 1. The Labute approximate surface area is 278 Å². The summed E-state index contributed by atoms with van der Waals surface area (Å²) in [7, 11) is 0. The van der Waals surface area contributed by atoms with Crippen LogP contribution in [-0.4, -0.2) is 35.0 Å². The van der Waals surface area contributed by atoms with Crippen LogP contribution in [0.1, 0.15) is 52.6 Å². The Kier molecular flexibility index (Phi) is 10.1. The van der Waals surface area contributed by atoms with Gasteiger partial charge in [-0.15, -0.1) is 0 Å². The first-order valence-electron chi connectivity index (χ1n) is 15.2. The fraction of sp³-hybridized carbons (Fsp3) is 0.189. The molecular weight excluding hydrogens is 611 g/mol. The van der Waals surface area contributed by atoms with E-state index in [4.69, 9.17) is 10.5 Å². The average Bonchev–Trinajstić information content (AvgIpc) is 3.02. The maximum absolute atomic E-state index is 13.2. The predicted molar refractivity (Wildman–Crippen MR) is 188 cm³/mol. The van der Waals surface area contributed by atoms with Crippen LogP contribution in [0.5, 0.6) is 0 Å². The van der Waals surface area contributed by atoms with E-state index in [0.29, 0.717) is 35.5 Å². The number of nitrogens with zero attached hydrogens (tertiary/aromatic N) is 1. The van der Waals surface area contributed by atoms with Crippen LogP contribution in [0, 0.1) is 6.92 Å². The number of aromatic nitrogens is 1. The molecule has 9 nitrogen and oxygen atoms in total. The van der Waals surface area contributed by atoms with Crippen molar-refractivity contribution in [1.82, 2.24) is 10.3 Å². The standard InChI is InChI=1S/C37H37N5O4S/c1-23-19-29(21-30-32(23)40-22-31(34(38)43)33(30)41-26-10-6-5-7-11-26)47-28-12-8-9-25(20-28)35(44)42-27-15-13-24(14-16-27)17-18-39-36(45)46-37(2,3)4/h5-16,19-22H,17-18H2,1-4H3,(H2,38,43)(H,39,45)(H,40,41)(H,42,44). The van der Waals surface area contributed by atoms with Crippen LogP contribution in [0.15, 0.2) is 107 Å². The van der Waals surface area contributed by atoms with Gasteiger partial charge in [0.1, 0.15) is 5.60 Å². The Hall–Kier alpha value is -5.35. The molecule has 4 aromatic carbocycles. The molecular formula is C37H37N5O4S. The second-order valence-corrected chi connectivity index (χ2v) is 13.1. The number of carbonyl (C=O) groups excluding carboxylic acids is 3. The van der Waals surface area contributed by atoms with Gasteiger partial charge in [0.05, 0.1) is 16.8 Å². The molecule has 0 bridgehead atoms. The van der Waals surface area contributed by atoms with Crippen molar-refractivity contribution >= 4 is 57.6 Å². The summed E-state index contributed by atoms with van der Waals surface area (Å²) in [5.74, 6) is -0.803. The zero-order valence-corrected chi connectivity index (χ0v) is 27.5. The van der Waals surface area contributed by atoms with E-state index in [0.717, 1.165) is 37.5 Å². The Balaban J connectivity index is 1.28. The van der Waals surface area contributed by atoms with E-state index in [1.165, 1.54) is 18.0 Å². The van der Waals surface area contributed by atoms with Crippen molar-refractivity contribution in [2.75, 3.05) is 17.2 Å². The Morgan fingerprint density at radius 1 is 0.872 bits per heavy atom. The van der Waals surface area contributed by atoms with E-state index >= 15 is 0 Å². The molecule has 10 heteroatoms. The lowest BCUT2D eigenvalue weighted by molar-refractivity contribution is 0.0528. The van der Waals surface area contributed by atoms with E-state index in [9.17, 15) is 14.4 Å². The van der Waals surface area contributed by atoms with Gasteiger partial charge in [-0.25, -0.2) is 4.79 Å². The maximum Gasteiger partial charge on any atom is 0.407 e. The van der Waals surface area contributed by atoms with Gasteiger partial charge in [-0.05, 0) is 99.8 Å². The summed E-state index contributed by atoms with van der Waals surface area (Å²) in [5.41, 5.74) is 10.8. The maximum atomic E-state index is 13.2. The lowest BCUT2D eigenvalue weighted by atomic mass is 10.1. The Morgan fingerprint density at radius 3 is 2.32 bits per heavy atom. The molecule has 1 aromatic heterocycles. The summed E-state index contributed by atoms with van der Waals surface area (Å²) >= 11 is 1.51. The number of carbonyl (C=O) groups is 3. The number of ether oxygens (including phenoxy) is 1. The summed E-state index contributed by atoms with van der Waals surface area (Å²) in [6.07, 6.45) is 1.69. The fourth-order valence-electron chi connectivity index (χ4n) is 4.91. The molecule has 0 aliphatic rings. The highest BCUT2D eigenvalue weighted by molar-refractivity contribution is 7.99. The third-order valence-corrected chi connectivity index (χ3v) is 8.03. The van der Waals surface area contributed by atoms with Gasteiger partial charge in [-0.1, -0.05) is 48.2 Å². The van der Waals surface area contributed by atoms with Crippen molar-refractivity contribution in [3.05, 3.63) is 119 Å². The van der Waals surface area contributed by atoms with Crippen molar-refractivity contribution < 1.29 is 19.1 Å². The van der Waals surface area contributed by atoms with E-state index in [2.05, 4.69) is 20.9 Å². The predicted octanol–water partition coefficient (Wildman–Crippen LogP) is 7.86. The number of benzene rings is 4. The van der Waals surface area contributed by atoms with Crippen LogP contribution >= 0.6 is 11.8 Å². The molecule has 0 fully saturated rings.